The average Bonchev–Trinajstić information content (AvgIpc) is 2.25. The van der Waals surface area contributed by atoms with Crippen LogP contribution in [0.5, 0.6) is 0 Å². The normalized spacial score (nSPS) is 15.6. The zero-order valence-corrected chi connectivity index (χ0v) is 11.9. The molecule has 0 rings (SSSR count). The standard InChI is InChI=1S/C11H24N2O3S/c1-8(2)5-6-13-11(14)10(4)17(15,16)9(3)7-12/h8-10H,5-7,12H2,1-4H3,(H,13,14). The van der Waals surface area contributed by atoms with Crippen LogP contribution in [-0.4, -0.2) is 37.9 Å². The number of carbonyl (C=O) groups is 1. The number of amides is 1. The molecule has 0 saturated carbocycles. The van der Waals surface area contributed by atoms with Crippen LogP contribution >= 0.6 is 0 Å². The maximum atomic E-state index is 11.9. The Morgan fingerprint density at radius 1 is 1.24 bits per heavy atom. The van der Waals surface area contributed by atoms with Gasteiger partial charge in [0.1, 0.15) is 5.25 Å². The van der Waals surface area contributed by atoms with E-state index in [1.807, 2.05) is 13.8 Å². The van der Waals surface area contributed by atoms with Gasteiger partial charge in [0.2, 0.25) is 5.91 Å². The average molecular weight is 264 g/mol. The van der Waals surface area contributed by atoms with Crippen molar-refractivity contribution >= 4 is 15.7 Å². The van der Waals surface area contributed by atoms with Gasteiger partial charge in [-0.3, -0.25) is 4.79 Å². The highest BCUT2D eigenvalue weighted by Crippen LogP contribution is 2.09. The second kappa shape index (κ2) is 6.96. The van der Waals surface area contributed by atoms with Gasteiger partial charge >= 0.3 is 0 Å². The molecule has 102 valence electrons. The van der Waals surface area contributed by atoms with Crippen molar-refractivity contribution in [1.29, 1.82) is 0 Å². The van der Waals surface area contributed by atoms with Crippen molar-refractivity contribution in [3.63, 3.8) is 0 Å². The Kier molecular flexibility index (Phi) is 6.70. The number of nitrogens with two attached hydrogens (primary N) is 1. The van der Waals surface area contributed by atoms with Crippen LogP contribution in [-0.2, 0) is 14.6 Å². The van der Waals surface area contributed by atoms with E-state index in [2.05, 4.69) is 5.32 Å². The Morgan fingerprint density at radius 3 is 2.18 bits per heavy atom. The maximum absolute atomic E-state index is 11.9. The number of sulfone groups is 1. The zero-order valence-electron chi connectivity index (χ0n) is 11.1. The Labute approximate surface area is 104 Å². The van der Waals surface area contributed by atoms with Crippen LogP contribution in [0, 0.1) is 5.92 Å². The van der Waals surface area contributed by atoms with Crippen LogP contribution in [0.1, 0.15) is 34.1 Å². The summed E-state index contributed by atoms with van der Waals surface area (Å²) in [6.45, 7) is 7.56. The monoisotopic (exact) mass is 264 g/mol. The third kappa shape index (κ3) is 5.04. The molecule has 6 heteroatoms. The van der Waals surface area contributed by atoms with Crippen molar-refractivity contribution in [1.82, 2.24) is 5.32 Å². The molecular weight excluding hydrogens is 240 g/mol. The molecule has 0 aromatic heterocycles. The van der Waals surface area contributed by atoms with E-state index >= 15 is 0 Å². The third-order valence-electron chi connectivity index (χ3n) is 2.78. The van der Waals surface area contributed by atoms with Crippen LogP contribution in [0.4, 0.5) is 0 Å². The van der Waals surface area contributed by atoms with Gasteiger partial charge in [-0.25, -0.2) is 8.42 Å². The first-order valence-corrected chi connectivity index (χ1v) is 7.54. The topological polar surface area (TPSA) is 89.3 Å². The van der Waals surface area contributed by atoms with E-state index in [0.29, 0.717) is 12.5 Å². The van der Waals surface area contributed by atoms with E-state index in [1.165, 1.54) is 13.8 Å². The second-order valence-corrected chi connectivity index (χ2v) is 7.44. The molecule has 1 amide bonds. The van der Waals surface area contributed by atoms with Crippen molar-refractivity contribution in [2.45, 2.75) is 44.6 Å². The lowest BCUT2D eigenvalue weighted by atomic mass is 10.1. The molecule has 0 aliphatic rings. The van der Waals surface area contributed by atoms with E-state index in [-0.39, 0.29) is 6.54 Å². The first-order valence-electron chi connectivity index (χ1n) is 5.94. The molecule has 0 aromatic carbocycles. The van der Waals surface area contributed by atoms with Gasteiger partial charge in [-0.05, 0) is 26.2 Å². The fraction of sp³-hybridized carbons (Fsp3) is 0.909. The minimum absolute atomic E-state index is 0.0337. The zero-order chi connectivity index (χ0) is 13.6. The molecule has 0 spiro atoms. The van der Waals surface area contributed by atoms with Gasteiger partial charge in [0.05, 0.1) is 5.25 Å². The van der Waals surface area contributed by atoms with E-state index in [1.54, 1.807) is 0 Å². The van der Waals surface area contributed by atoms with Gasteiger partial charge in [-0.2, -0.15) is 0 Å². The fourth-order valence-corrected chi connectivity index (χ4v) is 2.61. The molecule has 0 fully saturated rings. The second-order valence-electron chi connectivity index (χ2n) is 4.75. The lowest BCUT2D eigenvalue weighted by Gasteiger charge is -2.17. The van der Waals surface area contributed by atoms with Gasteiger partial charge in [0.25, 0.3) is 0 Å². The summed E-state index contributed by atoms with van der Waals surface area (Å²) in [5.74, 6) is 0.0381. The number of hydrogen-bond acceptors (Lipinski definition) is 4. The van der Waals surface area contributed by atoms with Gasteiger partial charge < -0.3 is 11.1 Å². The molecule has 2 unspecified atom stereocenters. The predicted molar refractivity (Wildman–Crippen MR) is 69.4 cm³/mol. The van der Waals surface area contributed by atoms with Gasteiger partial charge in [-0.1, -0.05) is 13.8 Å². The predicted octanol–water partition coefficient (Wildman–Crippen LogP) is 0.299. The summed E-state index contributed by atoms with van der Waals surface area (Å²) in [6.07, 6.45) is 0.838. The van der Waals surface area contributed by atoms with E-state index in [4.69, 9.17) is 5.73 Å². The number of carbonyl (C=O) groups excluding carboxylic acids is 1. The molecule has 0 heterocycles. The highest BCUT2D eigenvalue weighted by molar-refractivity contribution is 7.93. The maximum Gasteiger partial charge on any atom is 0.238 e. The van der Waals surface area contributed by atoms with Gasteiger partial charge in [0.15, 0.2) is 9.84 Å². The summed E-state index contributed by atoms with van der Waals surface area (Å²) < 4.78 is 23.7. The summed E-state index contributed by atoms with van der Waals surface area (Å²) >= 11 is 0. The third-order valence-corrected chi connectivity index (χ3v) is 5.29. The molecule has 0 aliphatic carbocycles. The number of rotatable bonds is 7. The van der Waals surface area contributed by atoms with E-state index < -0.39 is 26.2 Å². The van der Waals surface area contributed by atoms with E-state index in [9.17, 15) is 13.2 Å². The first-order chi connectivity index (χ1) is 7.73. The smallest absolute Gasteiger partial charge is 0.238 e. The Hall–Kier alpha value is -0.620. The molecule has 5 nitrogen and oxygen atoms in total. The van der Waals surface area contributed by atoms with Crippen molar-refractivity contribution < 1.29 is 13.2 Å². The molecule has 2 atom stereocenters. The molecular formula is C11H24N2O3S. The van der Waals surface area contributed by atoms with Crippen molar-refractivity contribution in [3.8, 4) is 0 Å². The summed E-state index contributed by atoms with van der Waals surface area (Å²) in [5.41, 5.74) is 5.33. The lowest BCUT2D eigenvalue weighted by Crippen LogP contribution is -2.43. The van der Waals surface area contributed by atoms with Crippen LogP contribution in [0.15, 0.2) is 0 Å². The largest absolute Gasteiger partial charge is 0.355 e. The highest BCUT2D eigenvalue weighted by atomic mass is 32.2. The molecule has 0 saturated heterocycles. The summed E-state index contributed by atoms with van der Waals surface area (Å²) in [5, 5.41) is 0.919. The van der Waals surface area contributed by atoms with Gasteiger partial charge in [0, 0.05) is 13.1 Å². The first kappa shape index (κ1) is 16.4. The van der Waals surface area contributed by atoms with Crippen LogP contribution in [0.2, 0.25) is 0 Å². The highest BCUT2D eigenvalue weighted by Gasteiger charge is 2.31. The Morgan fingerprint density at radius 2 is 1.76 bits per heavy atom. The summed E-state index contributed by atoms with van der Waals surface area (Å²) in [4.78, 5) is 11.7. The number of nitrogens with one attached hydrogen (secondary N) is 1. The molecule has 0 aliphatic heterocycles. The van der Waals surface area contributed by atoms with E-state index in [0.717, 1.165) is 6.42 Å². The van der Waals surface area contributed by atoms with Crippen molar-refractivity contribution in [3.05, 3.63) is 0 Å². The minimum atomic E-state index is -3.48. The molecule has 3 N–H and O–H groups in total. The molecule has 17 heavy (non-hydrogen) atoms. The quantitative estimate of drug-likeness (QED) is 0.692. The van der Waals surface area contributed by atoms with Gasteiger partial charge in [-0.15, -0.1) is 0 Å². The molecule has 0 bridgehead atoms. The summed E-state index contributed by atoms with van der Waals surface area (Å²) in [7, 11) is -3.48. The van der Waals surface area contributed by atoms with Crippen molar-refractivity contribution in [2.24, 2.45) is 11.7 Å². The minimum Gasteiger partial charge on any atom is -0.355 e. The Bertz CT molecular complexity index is 339. The van der Waals surface area contributed by atoms with Crippen molar-refractivity contribution in [2.75, 3.05) is 13.1 Å². The molecule has 0 radical (unpaired) electrons. The summed E-state index contributed by atoms with van der Waals surface area (Å²) in [6, 6.07) is 0. The SMILES string of the molecule is CC(C)CCNC(=O)C(C)S(=O)(=O)C(C)CN. The Balaban J connectivity index is 4.40. The van der Waals surface area contributed by atoms with Crippen LogP contribution in [0.25, 0.3) is 0 Å². The fourth-order valence-electron chi connectivity index (χ4n) is 1.26. The van der Waals surface area contributed by atoms with Crippen LogP contribution in [0.3, 0.4) is 0 Å². The molecule has 0 aromatic rings. The van der Waals surface area contributed by atoms with Crippen LogP contribution < -0.4 is 11.1 Å². The lowest BCUT2D eigenvalue weighted by molar-refractivity contribution is -0.120. The number of hydrogen-bond donors (Lipinski definition) is 2.